The third-order valence-electron chi connectivity index (χ3n) is 4.49. The van der Waals surface area contributed by atoms with Crippen LogP contribution in [0.1, 0.15) is 5.56 Å². The van der Waals surface area contributed by atoms with Crippen LogP contribution in [0.3, 0.4) is 0 Å². The first-order valence-electron chi connectivity index (χ1n) is 9.45. The lowest BCUT2D eigenvalue weighted by Gasteiger charge is -2.13. The molecule has 29 heavy (non-hydrogen) atoms. The van der Waals surface area contributed by atoms with Crippen LogP contribution < -0.4 is 14.8 Å². The summed E-state index contributed by atoms with van der Waals surface area (Å²) in [6, 6.07) is 31.1. The molecule has 0 aromatic heterocycles. The fourth-order valence-corrected chi connectivity index (χ4v) is 3.02. The van der Waals surface area contributed by atoms with Crippen LogP contribution in [0.4, 0.5) is 5.69 Å². The summed E-state index contributed by atoms with van der Waals surface area (Å²) in [4.78, 5) is 12.4. The van der Waals surface area contributed by atoms with Gasteiger partial charge in [-0.25, -0.2) is 0 Å². The Morgan fingerprint density at radius 3 is 2.31 bits per heavy atom. The number of carbonyl (C=O) groups excluding carboxylic acids is 1. The molecule has 4 heteroatoms. The number of carbonyl (C=O) groups is 1. The number of anilines is 1. The quantitative estimate of drug-likeness (QED) is 0.462. The Hall–Kier alpha value is -3.79. The number of fused-ring (bicyclic) bond motifs is 1. The molecule has 0 aliphatic heterocycles. The van der Waals surface area contributed by atoms with E-state index in [1.165, 1.54) is 0 Å². The summed E-state index contributed by atoms with van der Waals surface area (Å²) in [6.45, 7) is 0.354. The third kappa shape index (κ3) is 4.93. The van der Waals surface area contributed by atoms with Crippen molar-refractivity contribution in [1.82, 2.24) is 0 Å². The van der Waals surface area contributed by atoms with E-state index >= 15 is 0 Å². The van der Waals surface area contributed by atoms with Gasteiger partial charge in [-0.1, -0.05) is 72.8 Å². The smallest absolute Gasteiger partial charge is 0.262 e. The molecule has 0 fully saturated rings. The van der Waals surface area contributed by atoms with Gasteiger partial charge in [0.25, 0.3) is 5.91 Å². The number of para-hydroxylation sites is 2. The van der Waals surface area contributed by atoms with Crippen LogP contribution in [0.2, 0.25) is 0 Å². The highest BCUT2D eigenvalue weighted by atomic mass is 16.5. The number of benzene rings is 4. The standard InChI is InChI=1S/C25H21NO3/c27-25(18-28-22-15-14-20-10-4-5-11-21(20)16-22)26-23-12-6-7-13-24(23)29-17-19-8-2-1-3-9-19/h1-16H,17-18H2,(H,26,27). The van der Waals surface area contributed by atoms with Crippen molar-refractivity contribution in [2.75, 3.05) is 11.9 Å². The van der Waals surface area contributed by atoms with E-state index in [9.17, 15) is 4.79 Å². The fraction of sp³-hybridized carbons (Fsp3) is 0.0800. The Morgan fingerprint density at radius 2 is 1.45 bits per heavy atom. The van der Waals surface area contributed by atoms with Crippen LogP contribution >= 0.6 is 0 Å². The molecule has 0 saturated heterocycles. The maximum Gasteiger partial charge on any atom is 0.262 e. The zero-order chi connectivity index (χ0) is 19.9. The normalized spacial score (nSPS) is 10.5. The van der Waals surface area contributed by atoms with Crippen molar-refractivity contribution < 1.29 is 14.3 Å². The van der Waals surface area contributed by atoms with Gasteiger partial charge in [0.1, 0.15) is 18.1 Å². The van der Waals surface area contributed by atoms with Crippen molar-refractivity contribution in [1.29, 1.82) is 0 Å². The number of hydrogen-bond acceptors (Lipinski definition) is 3. The van der Waals surface area contributed by atoms with Crippen molar-refractivity contribution in [3.05, 3.63) is 103 Å². The first-order valence-corrected chi connectivity index (χ1v) is 9.45. The van der Waals surface area contributed by atoms with Gasteiger partial charge in [0.15, 0.2) is 6.61 Å². The minimum atomic E-state index is -0.242. The Balaban J connectivity index is 1.36. The lowest BCUT2D eigenvalue weighted by atomic mass is 10.1. The molecule has 0 spiro atoms. The van der Waals surface area contributed by atoms with E-state index in [2.05, 4.69) is 5.32 Å². The topological polar surface area (TPSA) is 47.6 Å². The monoisotopic (exact) mass is 383 g/mol. The second-order valence-electron chi connectivity index (χ2n) is 6.62. The summed E-state index contributed by atoms with van der Waals surface area (Å²) < 4.78 is 11.5. The number of nitrogens with one attached hydrogen (secondary N) is 1. The minimum absolute atomic E-state index is 0.0780. The van der Waals surface area contributed by atoms with E-state index in [1.54, 1.807) is 0 Å². The molecule has 4 rings (SSSR count). The highest BCUT2D eigenvalue weighted by Gasteiger charge is 2.09. The van der Waals surface area contributed by atoms with Crippen LogP contribution in [0.25, 0.3) is 10.8 Å². The molecule has 4 aromatic carbocycles. The van der Waals surface area contributed by atoms with E-state index in [0.717, 1.165) is 16.3 Å². The maximum absolute atomic E-state index is 12.4. The van der Waals surface area contributed by atoms with Crippen LogP contribution in [0, 0.1) is 0 Å². The van der Waals surface area contributed by atoms with Crippen LogP contribution in [-0.2, 0) is 11.4 Å². The summed E-state index contributed by atoms with van der Waals surface area (Å²) in [6.07, 6.45) is 0. The Kier molecular flexibility index (Phi) is 5.72. The molecule has 0 aliphatic carbocycles. The van der Waals surface area contributed by atoms with Gasteiger partial charge < -0.3 is 14.8 Å². The van der Waals surface area contributed by atoms with Gasteiger partial charge in [-0.05, 0) is 40.6 Å². The molecule has 1 N–H and O–H groups in total. The maximum atomic E-state index is 12.4. The van der Waals surface area contributed by atoms with E-state index in [4.69, 9.17) is 9.47 Å². The summed E-state index contributed by atoms with van der Waals surface area (Å²) in [7, 11) is 0. The SMILES string of the molecule is O=C(COc1ccc2ccccc2c1)Nc1ccccc1OCc1ccccc1. The average molecular weight is 383 g/mol. The number of rotatable bonds is 7. The van der Waals surface area contributed by atoms with Crippen molar-refractivity contribution in [2.45, 2.75) is 6.61 Å². The number of hydrogen-bond donors (Lipinski definition) is 1. The van der Waals surface area contributed by atoms with Gasteiger partial charge in [0.2, 0.25) is 0 Å². The van der Waals surface area contributed by atoms with Crippen LogP contribution in [-0.4, -0.2) is 12.5 Å². The molecule has 4 aromatic rings. The first-order chi connectivity index (χ1) is 14.3. The van der Waals surface area contributed by atoms with Crippen LogP contribution in [0.5, 0.6) is 11.5 Å². The molecule has 1 amide bonds. The molecule has 4 nitrogen and oxygen atoms in total. The predicted molar refractivity (Wildman–Crippen MR) is 115 cm³/mol. The summed E-state index contributed by atoms with van der Waals surface area (Å²) >= 11 is 0. The van der Waals surface area contributed by atoms with Gasteiger partial charge >= 0.3 is 0 Å². The predicted octanol–water partition coefficient (Wildman–Crippen LogP) is 5.44. The van der Waals surface area contributed by atoms with Gasteiger partial charge in [0, 0.05) is 0 Å². The second kappa shape index (κ2) is 8.93. The molecular weight excluding hydrogens is 362 g/mol. The van der Waals surface area contributed by atoms with E-state index in [0.29, 0.717) is 23.8 Å². The third-order valence-corrected chi connectivity index (χ3v) is 4.49. The minimum Gasteiger partial charge on any atom is -0.487 e. The van der Waals surface area contributed by atoms with E-state index < -0.39 is 0 Å². The van der Waals surface area contributed by atoms with Gasteiger partial charge in [-0.15, -0.1) is 0 Å². The highest BCUT2D eigenvalue weighted by Crippen LogP contribution is 2.25. The molecule has 0 saturated carbocycles. The Labute approximate surface area is 169 Å². The molecule has 0 atom stereocenters. The second-order valence-corrected chi connectivity index (χ2v) is 6.62. The molecule has 144 valence electrons. The van der Waals surface area contributed by atoms with Crippen molar-refractivity contribution in [2.24, 2.45) is 0 Å². The summed E-state index contributed by atoms with van der Waals surface area (Å²) in [5.41, 5.74) is 1.68. The summed E-state index contributed by atoms with van der Waals surface area (Å²) in [5, 5.41) is 5.07. The lowest BCUT2D eigenvalue weighted by Crippen LogP contribution is -2.20. The fourth-order valence-electron chi connectivity index (χ4n) is 3.02. The Morgan fingerprint density at radius 1 is 0.724 bits per heavy atom. The van der Waals surface area contributed by atoms with Gasteiger partial charge in [-0.2, -0.15) is 0 Å². The molecule has 0 unspecified atom stereocenters. The van der Waals surface area contributed by atoms with Crippen molar-refractivity contribution in [3.63, 3.8) is 0 Å². The number of amides is 1. The molecule has 0 bridgehead atoms. The average Bonchev–Trinajstić information content (AvgIpc) is 2.78. The van der Waals surface area contributed by atoms with Crippen molar-refractivity contribution in [3.8, 4) is 11.5 Å². The largest absolute Gasteiger partial charge is 0.487 e. The van der Waals surface area contributed by atoms with Gasteiger partial charge in [0.05, 0.1) is 5.69 Å². The summed E-state index contributed by atoms with van der Waals surface area (Å²) in [5.74, 6) is 1.04. The number of ether oxygens (including phenoxy) is 2. The molecule has 0 aliphatic rings. The zero-order valence-corrected chi connectivity index (χ0v) is 15.9. The van der Waals surface area contributed by atoms with E-state index in [1.807, 2.05) is 97.1 Å². The van der Waals surface area contributed by atoms with Gasteiger partial charge in [-0.3, -0.25) is 4.79 Å². The van der Waals surface area contributed by atoms with Crippen molar-refractivity contribution >= 4 is 22.4 Å². The zero-order valence-electron chi connectivity index (χ0n) is 15.9. The van der Waals surface area contributed by atoms with Crippen LogP contribution in [0.15, 0.2) is 97.1 Å². The van der Waals surface area contributed by atoms with E-state index in [-0.39, 0.29) is 12.5 Å². The molecule has 0 radical (unpaired) electrons. The lowest BCUT2D eigenvalue weighted by molar-refractivity contribution is -0.118. The Bertz CT molecular complexity index is 1110. The highest BCUT2D eigenvalue weighted by molar-refractivity contribution is 5.93. The molecular formula is C25H21NO3. The first kappa shape index (κ1) is 18.6. The molecule has 0 heterocycles.